The van der Waals surface area contributed by atoms with Crippen molar-refractivity contribution in [1.29, 1.82) is 0 Å². The normalized spacial score (nSPS) is 20.5. The van der Waals surface area contributed by atoms with Gasteiger partial charge in [-0.05, 0) is 32.3 Å². The van der Waals surface area contributed by atoms with Gasteiger partial charge in [-0.3, -0.25) is 0 Å². The first-order valence-corrected chi connectivity index (χ1v) is 7.39. The van der Waals surface area contributed by atoms with E-state index in [2.05, 4.69) is 17.9 Å². The SMILES string of the molecule is CC[C@H](O)c1ccccc1N(CC)CC1CCCO1. The van der Waals surface area contributed by atoms with Crippen LogP contribution in [0.3, 0.4) is 0 Å². The molecule has 1 heterocycles. The molecule has 2 atom stereocenters. The van der Waals surface area contributed by atoms with Crippen molar-refractivity contribution in [3.05, 3.63) is 29.8 Å². The Morgan fingerprint density at radius 2 is 2.16 bits per heavy atom. The van der Waals surface area contributed by atoms with Crippen LogP contribution < -0.4 is 4.90 Å². The highest BCUT2D eigenvalue weighted by molar-refractivity contribution is 5.54. The Morgan fingerprint density at radius 1 is 1.37 bits per heavy atom. The Hall–Kier alpha value is -1.06. The minimum atomic E-state index is -0.380. The average Bonchev–Trinajstić information content (AvgIpc) is 2.97. The highest BCUT2D eigenvalue weighted by atomic mass is 16.5. The van der Waals surface area contributed by atoms with Gasteiger partial charge in [-0.1, -0.05) is 25.1 Å². The van der Waals surface area contributed by atoms with E-state index in [-0.39, 0.29) is 6.10 Å². The molecule has 0 radical (unpaired) electrons. The first-order chi connectivity index (χ1) is 9.26. The van der Waals surface area contributed by atoms with Crippen molar-refractivity contribution in [2.75, 3.05) is 24.6 Å². The first kappa shape index (κ1) is 14.4. The van der Waals surface area contributed by atoms with Gasteiger partial charge in [0.1, 0.15) is 0 Å². The molecule has 1 aromatic rings. The molecule has 0 spiro atoms. The molecule has 1 saturated heterocycles. The van der Waals surface area contributed by atoms with Gasteiger partial charge in [0, 0.05) is 30.9 Å². The van der Waals surface area contributed by atoms with E-state index in [1.165, 1.54) is 6.42 Å². The van der Waals surface area contributed by atoms with Crippen LogP contribution in [0, 0.1) is 0 Å². The van der Waals surface area contributed by atoms with Gasteiger partial charge in [-0.15, -0.1) is 0 Å². The summed E-state index contributed by atoms with van der Waals surface area (Å²) in [7, 11) is 0. The summed E-state index contributed by atoms with van der Waals surface area (Å²) in [4.78, 5) is 2.32. The van der Waals surface area contributed by atoms with E-state index >= 15 is 0 Å². The Balaban J connectivity index is 2.16. The van der Waals surface area contributed by atoms with E-state index in [9.17, 15) is 5.11 Å². The molecule has 106 valence electrons. The molecule has 1 aliphatic rings. The first-order valence-electron chi connectivity index (χ1n) is 7.39. The average molecular weight is 263 g/mol. The predicted octanol–water partition coefficient (Wildman–Crippen LogP) is 3.14. The second kappa shape index (κ2) is 6.92. The molecule has 1 aromatic carbocycles. The number of rotatable bonds is 6. The predicted molar refractivity (Wildman–Crippen MR) is 78.6 cm³/mol. The summed E-state index contributed by atoms with van der Waals surface area (Å²) >= 11 is 0. The third kappa shape index (κ3) is 3.48. The molecule has 1 aliphatic heterocycles. The summed E-state index contributed by atoms with van der Waals surface area (Å²) < 4.78 is 5.73. The Kier molecular flexibility index (Phi) is 5.23. The molecule has 0 aliphatic carbocycles. The molecule has 3 nitrogen and oxygen atoms in total. The summed E-state index contributed by atoms with van der Waals surface area (Å²) in [6, 6.07) is 8.17. The van der Waals surface area contributed by atoms with E-state index in [0.717, 1.165) is 43.8 Å². The van der Waals surface area contributed by atoms with Gasteiger partial charge in [-0.2, -0.15) is 0 Å². The molecule has 0 saturated carbocycles. The Bertz CT molecular complexity index is 388. The highest BCUT2D eigenvalue weighted by Gasteiger charge is 2.21. The number of para-hydroxylation sites is 1. The van der Waals surface area contributed by atoms with Crippen molar-refractivity contribution in [3.8, 4) is 0 Å². The number of hydrogen-bond donors (Lipinski definition) is 1. The van der Waals surface area contributed by atoms with Gasteiger partial charge in [0.05, 0.1) is 12.2 Å². The third-order valence-corrected chi connectivity index (χ3v) is 3.85. The maximum Gasteiger partial charge on any atom is 0.0807 e. The van der Waals surface area contributed by atoms with Gasteiger partial charge >= 0.3 is 0 Å². The number of benzene rings is 1. The van der Waals surface area contributed by atoms with Crippen LogP contribution in [-0.2, 0) is 4.74 Å². The molecule has 1 unspecified atom stereocenters. The van der Waals surface area contributed by atoms with E-state index in [1.807, 2.05) is 25.1 Å². The van der Waals surface area contributed by atoms with Crippen LogP contribution in [0.5, 0.6) is 0 Å². The van der Waals surface area contributed by atoms with Crippen molar-refractivity contribution in [2.45, 2.75) is 45.3 Å². The lowest BCUT2D eigenvalue weighted by atomic mass is 10.0. The standard InChI is InChI=1S/C16H25NO2/c1-3-16(18)14-9-5-6-10-15(14)17(4-2)12-13-8-7-11-19-13/h5-6,9-10,13,16,18H,3-4,7-8,11-12H2,1-2H3/t13?,16-/m0/s1. The number of hydrogen-bond acceptors (Lipinski definition) is 3. The van der Waals surface area contributed by atoms with Gasteiger partial charge in [-0.25, -0.2) is 0 Å². The van der Waals surface area contributed by atoms with Gasteiger partial charge in [0.15, 0.2) is 0 Å². The van der Waals surface area contributed by atoms with Gasteiger partial charge in [0.2, 0.25) is 0 Å². The number of aliphatic hydroxyl groups is 1. The van der Waals surface area contributed by atoms with Gasteiger partial charge in [0.25, 0.3) is 0 Å². The van der Waals surface area contributed by atoms with Crippen LogP contribution in [0.25, 0.3) is 0 Å². The van der Waals surface area contributed by atoms with Crippen molar-refractivity contribution in [2.24, 2.45) is 0 Å². The Labute approximate surface area is 116 Å². The molecule has 3 heteroatoms. The zero-order valence-electron chi connectivity index (χ0n) is 12.0. The van der Waals surface area contributed by atoms with Crippen LogP contribution in [0.2, 0.25) is 0 Å². The van der Waals surface area contributed by atoms with Crippen LogP contribution in [0.15, 0.2) is 24.3 Å². The second-order valence-electron chi connectivity index (χ2n) is 5.16. The van der Waals surface area contributed by atoms with E-state index in [4.69, 9.17) is 4.74 Å². The van der Waals surface area contributed by atoms with Crippen LogP contribution in [0.1, 0.15) is 44.8 Å². The topological polar surface area (TPSA) is 32.7 Å². The lowest BCUT2D eigenvalue weighted by Gasteiger charge is -2.29. The quantitative estimate of drug-likeness (QED) is 0.856. The smallest absolute Gasteiger partial charge is 0.0807 e. The van der Waals surface area contributed by atoms with Crippen molar-refractivity contribution in [3.63, 3.8) is 0 Å². The monoisotopic (exact) mass is 263 g/mol. The van der Waals surface area contributed by atoms with E-state index in [0.29, 0.717) is 6.10 Å². The molecule has 1 N–H and O–H groups in total. The number of aliphatic hydroxyl groups excluding tert-OH is 1. The fraction of sp³-hybridized carbons (Fsp3) is 0.625. The summed E-state index contributed by atoms with van der Waals surface area (Å²) in [5.41, 5.74) is 2.18. The van der Waals surface area contributed by atoms with Crippen molar-refractivity contribution < 1.29 is 9.84 Å². The zero-order chi connectivity index (χ0) is 13.7. The number of ether oxygens (including phenoxy) is 1. The number of nitrogens with zero attached hydrogens (tertiary/aromatic N) is 1. The molecular weight excluding hydrogens is 238 g/mol. The van der Waals surface area contributed by atoms with Crippen LogP contribution in [0.4, 0.5) is 5.69 Å². The number of likely N-dealkylation sites (N-methyl/N-ethyl adjacent to an activating group) is 1. The molecule has 2 rings (SSSR count). The zero-order valence-corrected chi connectivity index (χ0v) is 12.0. The molecule has 0 amide bonds. The largest absolute Gasteiger partial charge is 0.388 e. The van der Waals surface area contributed by atoms with E-state index < -0.39 is 0 Å². The van der Waals surface area contributed by atoms with Crippen molar-refractivity contribution in [1.82, 2.24) is 0 Å². The highest BCUT2D eigenvalue weighted by Crippen LogP contribution is 2.29. The maximum absolute atomic E-state index is 10.2. The summed E-state index contributed by atoms with van der Waals surface area (Å²) in [5, 5.41) is 10.2. The molecule has 0 aromatic heterocycles. The lowest BCUT2D eigenvalue weighted by molar-refractivity contribution is 0.115. The second-order valence-corrected chi connectivity index (χ2v) is 5.16. The summed E-state index contributed by atoms with van der Waals surface area (Å²) in [5.74, 6) is 0. The third-order valence-electron chi connectivity index (χ3n) is 3.85. The molecule has 0 bridgehead atoms. The van der Waals surface area contributed by atoms with Crippen LogP contribution >= 0.6 is 0 Å². The lowest BCUT2D eigenvalue weighted by Crippen LogP contribution is -2.32. The summed E-state index contributed by atoms with van der Waals surface area (Å²) in [6.07, 6.45) is 3.02. The van der Waals surface area contributed by atoms with Crippen LogP contribution in [-0.4, -0.2) is 30.9 Å². The van der Waals surface area contributed by atoms with E-state index in [1.54, 1.807) is 0 Å². The summed E-state index contributed by atoms with van der Waals surface area (Å²) in [6.45, 7) is 6.92. The fourth-order valence-corrected chi connectivity index (χ4v) is 2.71. The molecular formula is C16H25NO2. The number of anilines is 1. The minimum Gasteiger partial charge on any atom is -0.388 e. The van der Waals surface area contributed by atoms with Gasteiger partial charge < -0.3 is 14.7 Å². The fourth-order valence-electron chi connectivity index (χ4n) is 2.71. The molecule has 1 fully saturated rings. The van der Waals surface area contributed by atoms with Crippen molar-refractivity contribution >= 4 is 5.69 Å². The Morgan fingerprint density at radius 3 is 2.79 bits per heavy atom. The maximum atomic E-state index is 10.2. The molecule has 19 heavy (non-hydrogen) atoms. The minimum absolute atomic E-state index is 0.340.